The van der Waals surface area contributed by atoms with Crippen molar-refractivity contribution >= 4 is 41.1 Å². The number of sulfonamides is 1. The highest BCUT2D eigenvalue weighted by Gasteiger charge is 2.30. The summed E-state index contributed by atoms with van der Waals surface area (Å²) in [5.41, 5.74) is -1.32. The van der Waals surface area contributed by atoms with Crippen LogP contribution in [-0.2, 0) is 19.6 Å². The number of esters is 1. The molecule has 216 valence electrons. The molecule has 2 amide bonds. The topological polar surface area (TPSA) is 161 Å². The molecule has 0 saturated carbocycles. The fraction of sp³-hybridized carbons (Fsp3) is 0.333. The second kappa shape index (κ2) is 13.5. The Morgan fingerprint density at radius 2 is 1.68 bits per heavy atom. The summed E-state index contributed by atoms with van der Waals surface area (Å²) < 4.78 is 40.2. The Morgan fingerprint density at radius 3 is 2.34 bits per heavy atom. The first-order valence-corrected chi connectivity index (χ1v) is 14.1. The normalized spacial score (nSPS) is 12.4. The smallest absolute Gasteiger partial charge is 0.326 e. The third-order valence-electron chi connectivity index (χ3n) is 5.47. The highest BCUT2D eigenvalue weighted by molar-refractivity contribution is 7.89. The molecule has 3 N–H and O–H groups in total. The van der Waals surface area contributed by atoms with Crippen molar-refractivity contribution in [3.8, 4) is 5.75 Å². The van der Waals surface area contributed by atoms with Crippen LogP contribution in [0.3, 0.4) is 0 Å². The van der Waals surface area contributed by atoms with E-state index in [2.05, 4.69) is 15.4 Å². The van der Waals surface area contributed by atoms with Crippen molar-refractivity contribution < 1.29 is 32.3 Å². The molecule has 0 fully saturated rings. The number of fused-ring (bicyclic) bond motifs is 1. The molecule has 3 aromatic rings. The van der Waals surface area contributed by atoms with Gasteiger partial charge in [-0.1, -0.05) is 18.2 Å². The summed E-state index contributed by atoms with van der Waals surface area (Å²) in [4.78, 5) is 49.7. The number of nitrogens with one attached hydrogen (secondary N) is 3. The number of ether oxygens (including phenoxy) is 2. The zero-order valence-corrected chi connectivity index (χ0v) is 23.7. The van der Waals surface area contributed by atoms with Crippen LogP contribution in [-0.4, -0.2) is 69.7 Å². The van der Waals surface area contributed by atoms with Crippen LogP contribution in [0.5, 0.6) is 5.75 Å². The highest BCUT2D eigenvalue weighted by atomic mass is 32.2. The van der Waals surface area contributed by atoms with Gasteiger partial charge in [0.25, 0.3) is 11.5 Å². The van der Waals surface area contributed by atoms with E-state index in [1.165, 1.54) is 40.9 Å². The minimum atomic E-state index is -4.14. The average molecular weight is 582 g/mol. The van der Waals surface area contributed by atoms with Crippen molar-refractivity contribution in [2.45, 2.75) is 43.7 Å². The molecule has 0 saturated heterocycles. The monoisotopic (exact) mass is 582 g/mol. The van der Waals surface area contributed by atoms with Gasteiger partial charge >= 0.3 is 5.97 Å². The van der Waals surface area contributed by atoms with E-state index in [-0.39, 0.29) is 17.1 Å². The number of hydrogen-bond acceptors (Lipinski definition) is 8. The lowest BCUT2D eigenvalue weighted by Gasteiger charge is -2.24. The number of rotatable bonds is 12. The van der Waals surface area contributed by atoms with Crippen LogP contribution in [0.25, 0.3) is 5.52 Å². The number of carbonyl (C=O) groups is 3. The van der Waals surface area contributed by atoms with Crippen molar-refractivity contribution in [3.63, 3.8) is 0 Å². The van der Waals surface area contributed by atoms with Crippen LogP contribution in [0.4, 0.5) is 4.79 Å². The van der Waals surface area contributed by atoms with Gasteiger partial charge in [-0.2, -0.15) is 4.72 Å². The highest BCUT2D eigenvalue weighted by Crippen LogP contribution is 2.14. The van der Waals surface area contributed by atoms with Crippen molar-refractivity contribution in [2.75, 3.05) is 19.7 Å². The molecule has 14 heteroatoms. The minimum Gasteiger partial charge on any atom is -0.492 e. The van der Waals surface area contributed by atoms with Gasteiger partial charge in [-0.15, -0.1) is 0 Å². The molecule has 0 spiro atoms. The van der Waals surface area contributed by atoms with E-state index >= 15 is 0 Å². The first-order valence-electron chi connectivity index (χ1n) is 12.7. The maximum Gasteiger partial charge on any atom is 0.326 e. The van der Waals surface area contributed by atoms with Gasteiger partial charge < -0.3 is 20.1 Å². The molecule has 1 unspecified atom stereocenters. The van der Waals surface area contributed by atoms with Crippen molar-refractivity contribution in [1.82, 2.24) is 19.8 Å². The standard InChI is InChI=1S/C27H31BN4O8S/c1-27(2,3)40-25(35)22(31-41(37,38)20-8-5-4-6-9-20)16-30-23(33)21-13-11-18-10-12-19(17-32(18)24(21)34)39-15-7-14-29-26(28)36/h4-6,8-13,17,22,31H,7,14-16H2,1-3H3,(H,29,36)(H,30,33). The Kier molecular flexibility index (Phi) is 10.3. The SMILES string of the molecule is [B]C(=O)NCCCOc1ccc2ccc(C(=O)NCC(NS(=O)(=O)c3ccccc3)C(=O)OC(C)(C)C)c(=O)n2c1. The molecule has 1 aromatic carbocycles. The van der Waals surface area contributed by atoms with Crippen LogP contribution in [0.15, 0.2) is 70.5 Å². The lowest BCUT2D eigenvalue weighted by molar-refractivity contribution is -0.156. The van der Waals surface area contributed by atoms with E-state index in [1.807, 2.05) is 0 Å². The fourth-order valence-corrected chi connectivity index (χ4v) is 4.80. The molecular formula is C27H31BN4O8S. The molecule has 1 atom stereocenters. The van der Waals surface area contributed by atoms with Crippen LogP contribution in [0.2, 0.25) is 0 Å². The van der Waals surface area contributed by atoms with E-state index in [4.69, 9.17) is 17.3 Å². The predicted octanol–water partition coefficient (Wildman–Crippen LogP) is 1.37. The van der Waals surface area contributed by atoms with Gasteiger partial charge in [-0.3, -0.25) is 23.6 Å². The van der Waals surface area contributed by atoms with Gasteiger partial charge in [0, 0.05) is 18.6 Å². The van der Waals surface area contributed by atoms with Gasteiger partial charge in [0.15, 0.2) is 13.7 Å². The van der Waals surface area contributed by atoms with Crippen LogP contribution in [0.1, 0.15) is 37.6 Å². The predicted molar refractivity (Wildman–Crippen MR) is 152 cm³/mol. The van der Waals surface area contributed by atoms with E-state index in [9.17, 15) is 27.6 Å². The van der Waals surface area contributed by atoms with E-state index in [0.29, 0.717) is 24.2 Å². The summed E-state index contributed by atoms with van der Waals surface area (Å²) in [6.07, 6.45) is 1.90. The number of aromatic nitrogens is 1. The summed E-state index contributed by atoms with van der Waals surface area (Å²) >= 11 is 0. The molecule has 2 radical (unpaired) electrons. The second-order valence-corrected chi connectivity index (χ2v) is 11.6. The molecule has 41 heavy (non-hydrogen) atoms. The Labute approximate surface area is 238 Å². The maximum atomic E-state index is 13.1. The summed E-state index contributed by atoms with van der Waals surface area (Å²) in [5, 5.41) is 4.90. The average Bonchev–Trinajstić information content (AvgIpc) is 2.90. The largest absolute Gasteiger partial charge is 0.492 e. The quantitative estimate of drug-likeness (QED) is 0.164. The van der Waals surface area contributed by atoms with Crippen LogP contribution < -0.4 is 25.7 Å². The Bertz CT molecular complexity index is 1570. The lowest BCUT2D eigenvalue weighted by Crippen LogP contribution is -2.50. The Hall–Kier alpha value is -4.17. The molecule has 3 rings (SSSR count). The van der Waals surface area contributed by atoms with Gasteiger partial charge in [-0.05, 0) is 63.6 Å². The van der Waals surface area contributed by atoms with E-state index in [0.717, 1.165) is 0 Å². The molecule has 0 aliphatic rings. The van der Waals surface area contributed by atoms with Crippen molar-refractivity contribution in [3.05, 3.63) is 76.7 Å². The van der Waals surface area contributed by atoms with Crippen molar-refractivity contribution in [2.24, 2.45) is 0 Å². The summed E-state index contributed by atoms with van der Waals surface area (Å²) in [7, 11) is 0.878. The van der Waals surface area contributed by atoms with Gasteiger partial charge in [-0.25, -0.2) is 8.42 Å². The van der Waals surface area contributed by atoms with Crippen LogP contribution >= 0.6 is 0 Å². The minimum absolute atomic E-state index is 0.0742. The first kappa shape index (κ1) is 31.4. The molecule has 0 aliphatic heterocycles. The number of nitrogens with zero attached hydrogens (tertiary/aromatic N) is 1. The summed E-state index contributed by atoms with van der Waals surface area (Å²) in [6.45, 7) is 4.95. The maximum absolute atomic E-state index is 13.1. The Balaban J connectivity index is 1.76. The second-order valence-electron chi connectivity index (χ2n) is 9.94. The van der Waals surface area contributed by atoms with Crippen molar-refractivity contribution in [1.29, 1.82) is 0 Å². The lowest BCUT2D eigenvalue weighted by atomic mass is 10.1. The molecule has 2 heterocycles. The number of hydrogen-bond donors (Lipinski definition) is 3. The zero-order valence-electron chi connectivity index (χ0n) is 22.9. The summed E-state index contributed by atoms with van der Waals surface area (Å²) in [5.74, 6) is -2.00. The van der Waals surface area contributed by atoms with Gasteiger partial charge in [0.2, 0.25) is 10.0 Å². The molecule has 2 aromatic heterocycles. The van der Waals surface area contributed by atoms with E-state index < -0.39 is 51.5 Å². The molecule has 0 aliphatic carbocycles. The first-order chi connectivity index (χ1) is 19.3. The fourth-order valence-electron chi connectivity index (χ4n) is 3.60. The molecule has 0 bridgehead atoms. The third kappa shape index (κ3) is 9.18. The number of benzene rings is 1. The van der Waals surface area contributed by atoms with Gasteiger partial charge in [0.05, 0.1) is 17.7 Å². The number of pyridine rings is 2. The number of amides is 2. The summed E-state index contributed by atoms with van der Waals surface area (Å²) in [6, 6.07) is 12.1. The van der Waals surface area contributed by atoms with E-state index in [1.54, 1.807) is 45.0 Å². The van der Waals surface area contributed by atoms with Gasteiger partial charge in [0.1, 0.15) is 23.0 Å². The molecular weight excluding hydrogens is 551 g/mol. The zero-order chi connectivity index (χ0) is 30.2. The number of carbonyl (C=O) groups excluding carboxylic acids is 3. The molecule has 12 nitrogen and oxygen atoms in total. The third-order valence-corrected chi connectivity index (χ3v) is 6.95. The Morgan fingerprint density at radius 1 is 1.00 bits per heavy atom. The van der Waals surface area contributed by atoms with Crippen LogP contribution in [0, 0.1) is 0 Å².